The summed E-state index contributed by atoms with van der Waals surface area (Å²) in [5.74, 6) is 4.72. The third kappa shape index (κ3) is 3.57. The molecule has 5 heteroatoms. The fraction of sp³-hybridized carbons (Fsp3) is 0.600. The van der Waals surface area contributed by atoms with Gasteiger partial charge in [0, 0.05) is 5.56 Å². The summed E-state index contributed by atoms with van der Waals surface area (Å²) in [5.41, 5.74) is 2.71. The Hall–Kier alpha value is -0.520. The molecule has 2 rings (SSSR count). The smallest absolute Gasteiger partial charge is 0.145 e. The minimum Gasteiger partial charge on any atom is -0.271 e. The van der Waals surface area contributed by atoms with Gasteiger partial charge in [0.05, 0.1) is 10.5 Å². The molecule has 1 aromatic rings. The Kier molecular flexibility index (Phi) is 5.93. The lowest BCUT2D eigenvalue weighted by Crippen LogP contribution is -2.35. The predicted molar refractivity (Wildman–Crippen MR) is 79.9 cm³/mol. The maximum absolute atomic E-state index is 14.3. The number of nitrogens with two attached hydrogens (primary N) is 1. The summed E-state index contributed by atoms with van der Waals surface area (Å²) in [5, 5.41) is 0. The number of hydrazine groups is 1. The molecule has 1 aliphatic rings. The third-order valence-corrected chi connectivity index (χ3v) is 4.80. The van der Waals surface area contributed by atoms with Crippen LogP contribution in [0.25, 0.3) is 0 Å². The van der Waals surface area contributed by atoms with Crippen LogP contribution in [0.1, 0.15) is 56.6 Å². The molecule has 0 aliphatic heterocycles. The van der Waals surface area contributed by atoms with Gasteiger partial charge >= 0.3 is 0 Å². The molecule has 2 nitrogen and oxygen atoms in total. The van der Waals surface area contributed by atoms with Crippen molar-refractivity contribution in [2.75, 3.05) is 0 Å². The molecular weight excluding hydrogens is 326 g/mol. The van der Waals surface area contributed by atoms with E-state index in [2.05, 4.69) is 21.4 Å². The zero-order valence-electron chi connectivity index (χ0n) is 11.5. The highest BCUT2D eigenvalue weighted by Gasteiger charge is 2.28. The van der Waals surface area contributed by atoms with Gasteiger partial charge in [-0.1, -0.05) is 32.1 Å². The Bertz CT molecular complexity index is 446. The van der Waals surface area contributed by atoms with Crippen molar-refractivity contribution in [2.45, 2.75) is 51.0 Å². The average Bonchev–Trinajstić information content (AvgIpc) is 2.40. The molecule has 1 fully saturated rings. The maximum atomic E-state index is 14.3. The van der Waals surface area contributed by atoms with E-state index in [-0.39, 0.29) is 16.0 Å². The van der Waals surface area contributed by atoms with Gasteiger partial charge in [-0.05, 0) is 46.8 Å². The number of hydrogen-bond donors (Lipinski definition) is 2. The van der Waals surface area contributed by atoms with Gasteiger partial charge in [-0.3, -0.25) is 11.3 Å². The molecule has 3 N–H and O–H groups in total. The van der Waals surface area contributed by atoms with Crippen LogP contribution in [-0.4, -0.2) is 0 Å². The van der Waals surface area contributed by atoms with Crippen molar-refractivity contribution in [3.8, 4) is 0 Å². The SMILES string of the molecule is NNC(c1c(F)ccc(Br)c1F)C1CCCCCCC1. The zero-order valence-corrected chi connectivity index (χ0v) is 13.1. The monoisotopic (exact) mass is 346 g/mol. The maximum Gasteiger partial charge on any atom is 0.145 e. The Labute approximate surface area is 127 Å². The van der Waals surface area contributed by atoms with E-state index >= 15 is 0 Å². The Balaban J connectivity index is 2.28. The molecule has 0 bridgehead atoms. The summed E-state index contributed by atoms with van der Waals surface area (Å²) in [6, 6.07) is 2.21. The van der Waals surface area contributed by atoms with Crippen molar-refractivity contribution in [1.29, 1.82) is 0 Å². The molecule has 112 valence electrons. The third-order valence-electron chi connectivity index (χ3n) is 4.19. The molecule has 20 heavy (non-hydrogen) atoms. The fourth-order valence-electron chi connectivity index (χ4n) is 3.10. The van der Waals surface area contributed by atoms with Crippen LogP contribution in [0.4, 0.5) is 8.78 Å². The van der Waals surface area contributed by atoms with Crippen molar-refractivity contribution in [3.63, 3.8) is 0 Å². The van der Waals surface area contributed by atoms with E-state index < -0.39 is 17.7 Å². The highest BCUT2D eigenvalue weighted by atomic mass is 79.9. The Morgan fingerprint density at radius 1 is 1.10 bits per heavy atom. The molecule has 0 heterocycles. The van der Waals surface area contributed by atoms with Gasteiger partial charge in [-0.15, -0.1) is 0 Å². The first-order valence-corrected chi connectivity index (χ1v) is 8.04. The number of rotatable bonds is 3. The van der Waals surface area contributed by atoms with Crippen LogP contribution in [0.5, 0.6) is 0 Å². The van der Waals surface area contributed by atoms with Crippen LogP contribution in [0.3, 0.4) is 0 Å². The second-order valence-corrected chi connectivity index (χ2v) is 6.36. The van der Waals surface area contributed by atoms with Gasteiger partial charge in [0.15, 0.2) is 0 Å². The average molecular weight is 347 g/mol. The molecule has 1 unspecified atom stereocenters. The van der Waals surface area contributed by atoms with Crippen LogP contribution < -0.4 is 11.3 Å². The van der Waals surface area contributed by atoms with Crippen molar-refractivity contribution >= 4 is 15.9 Å². The van der Waals surface area contributed by atoms with Gasteiger partial charge in [0.25, 0.3) is 0 Å². The van der Waals surface area contributed by atoms with Crippen molar-refractivity contribution < 1.29 is 8.78 Å². The molecule has 1 atom stereocenters. The molecule has 1 saturated carbocycles. The summed E-state index contributed by atoms with van der Waals surface area (Å²) < 4.78 is 28.6. The first-order valence-electron chi connectivity index (χ1n) is 7.24. The van der Waals surface area contributed by atoms with Crippen molar-refractivity contribution in [2.24, 2.45) is 11.8 Å². The molecule has 0 saturated heterocycles. The minimum atomic E-state index is -0.546. The number of halogens is 3. The van der Waals surface area contributed by atoms with Crippen LogP contribution in [0.15, 0.2) is 16.6 Å². The number of nitrogens with one attached hydrogen (secondary N) is 1. The Morgan fingerprint density at radius 3 is 2.30 bits per heavy atom. The number of benzene rings is 1. The van der Waals surface area contributed by atoms with Gasteiger partial charge in [-0.2, -0.15) is 0 Å². The lowest BCUT2D eigenvalue weighted by molar-refractivity contribution is 0.279. The van der Waals surface area contributed by atoms with E-state index in [0.717, 1.165) is 25.7 Å². The van der Waals surface area contributed by atoms with E-state index in [4.69, 9.17) is 5.84 Å². The van der Waals surface area contributed by atoms with Crippen LogP contribution >= 0.6 is 15.9 Å². The zero-order chi connectivity index (χ0) is 14.5. The largest absolute Gasteiger partial charge is 0.271 e. The highest BCUT2D eigenvalue weighted by molar-refractivity contribution is 9.10. The predicted octanol–water partition coefficient (Wildman–Crippen LogP) is 4.59. The highest BCUT2D eigenvalue weighted by Crippen LogP contribution is 2.36. The fourth-order valence-corrected chi connectivity index (χ4v) is 3.45. The van der Waals surface area contributed by atoms with Crippen molar-refractivity contribution in [3.05, 3.63) is 33.8 Å². The molecule has 1 aliphatic carbocycles. The summed E-state index contributed by atoms with van der Waals surface area (Å²) in [4.78, 5) is 0. The summed E-state index contributed by atoms with van der Waals surface area (Å²) >= 11 is 3.12. The molecular formula is C15H21BrF2N2. The Morgan fingerprint density at radius 2 is 1.70 bits per heavy atom. The van der Waals surface area contributed by atoms with Gasteiger partial charge < -0.3 is 0 Å². The summed E-state index contributed by atoms with van der Waals surface area (Å²) in [6.07, 6.45) is 7.75. The van der Waals surface area contributed by atoms with E-state index in [1.54, 1.807) is 0 Å². The summed E-state index contributed by atoms with van der Waals surface area (Å²) in [7, 11) is 0. The normalized spacial score (nSPS) is 19.4. The van der Waals surface area contributed by atoms with Gasteiger partial charge in [0.2, 0.25) is 0 Å². The van der Waals surface area contributed by atoms with Gasteiger partial charge in [0.1, 0.15) is 11.6 Å². The topological polar surface area (TPSA) is 38.0 Å². The first kappa shape index (κ1) is 15.9. The van der Waals surface area contributed by atoms with E-state index in [0.29, 0.717) is 0 Å². The van der Waals surface area contributed by atoms with Crippen LogP contribution in [0, 0.1) is 17.6 Å². The van der Waals surface area contributed by atoms with Crippen LogP contribution in [0.2, 0.25) is 0 Å². The molecule has 0 amide bonds. The summed E-state index contributed by atoms with van der Waals surface area (Å²) in [6.45, 7) is 0. The minimum absolute atomic E-state index is 0.0625. The van der Waals surface area contributed by atoms with E-state index in [1.165, 1.54) is 31.4 Å². The van der Waals surface area contributed by atoms with E-state index in [9.17, 15) is 8.78 Å². The molecule has 0 aromatic heterocycles. The van der Waals surface area contributed by atoms with Crippen molar-refractivity contribution in [1.82, 2.24) is 5.43 Å². The van der Waals surface area contributed by atoms with Crippen LogP contribution in [-0.2, 0) is 0 Å². The standard InChI is InChI=1S/C15H21BrF2N2/c16-11-8-9-12(17)13(14(11)18)15(20-19)10-6-4-2-1-3-5-7-10/h8-10,15,20H,1-7,19H2. The second-order valence-electron chi connectivity index (χ2n) is 5.51. The first-order chi connectivity index (χ1) is 9.65. The van der Waals surface area contributed by atoms with E-state index in [1.807, 2.05) is 0 Å². The lowest BCUT2D eigenvalue weighted by Gasteiger charge is -2.29. The molecule has 1 aromatic carbocycles. The van der Waals surface area contributed by atoms with Gasteiger partial charge in [-0.25, -0.2) is 8.78 Å². The quantitative estimate of drug-likeness (QED) is 0.477. The number of hydrogen-bond acceptors (Lipinski definition) is 2. The molecule has 0 spiro atoms. The lowest BCUT2D eigenvalue weighted by atomic mass is 9.83. The second kappa shape index (κ2) is 7.48. The molecule has 0 radical (unpaired) electrons.